The number of nitrogens with zero attached hydrogens (tertiary/aromatic N) is 4. The highest BCUT2D eigenvalue weighted by molar-refractivity contribution is 5.97. The van der Waals surface area contributed by atoms with Gasteiger partial charge in [-0.2, -0.15) is 5.10 Å². The van der Waals surface area contributed by atoms with E-state index in [0.29, 0.717) is 12.2 Å². The maximum atomic E-state index is 13.8. The van der Waals surface area contributed by atoms with Crippen LogP contribution in [0.15, 0.2) is 18.5 Å². The molecule has 0 spiro atoms. The Bertz CT molecular complexity index is 843. The fraction of sp³-hybridized carbons (Fsp3) is 0.375. The normalized spacial score (nSPS) is 16.2. The van der Waals surface area contributed by atoms with Crippen LogP contribution in [0.1, 0.15) is 44.9 Å². The SMILES string of the molecule is Cn1nc(C(=O)NC2CC2)c2c1CN(C(=O)c1ccncc1F)C2. The van der Waals surface area contributed by atoms with Crippen LogP contribution in [0, 0.1) is 5.82 Å². The average molecular weight is 329 g/mol. The van der Waals surface area contributed by atoms with E-state index in [1.54, 1.807) is 11.7 Å². The van der Waals surface area contributed by atoms with Crippen LogP contribution in [0.5, 0.6) is 0 Å². The van der Waals surface area contributed by atoms with Crippen molar-refractivity contribution in [1.29, 1.82) is 0 Å². The molecular weight excluding hydrogens is 313 g/mol. The minimum absolute atomic E-state index is 0.0188. The molecule has 8 heteroatoms. The Balaban J connectivity index is 1.58. The number of aromatic nitrogens is 3. The van der Waals surface area contributed by atoms with Crippen LogP contribution < -0.4 is 5.32 Å². The number of rotatable bonds is 3. The molecule has 0 aromatic carbocycles. The minimum Gasteiger partial charge on any atom is -0.348 e. The van der Waals surface area contributed by atoms with E-state index in [-0.39, 0.29) is 24.1 Å². The van der Waals surface area contributed by atoms with Gasteiger partial charge >= 0.3 is 0 Å². The summed E-state index contributed by atoms with van der Waals surface area (Å²) in [6.07, 6.45) is 4.39. The van der Waals surface area contributed by atoms with Crippen molar-refractivity contribution in [2.75, 3.05) is 0 Å². The van der Waals surface area contributed by atoms with E-state index in [2.05, 4.69) is 15.4 Å². The van der Waals surface area contributed by atoms with Gasteiger partial charge in [-0.15, -0.1) is 0 Å². The Hall–Kier alpha value is -2.77. The summed E-state index contributed by atoms with van der Waals surface area (Å²) in [5, 5.41) is 7.19. The van der Waals surface area contributed by atoms with Gasteiger partial charge in [0.2, 0.25) is 0 Å². The number of amides is 2. The van der Waals surface area contributed by atoms with E-state index in [9.17, 15) is 14.0 Å². The first-order chi connectivity index (χ1) is 11.5. The molecule has 1 fully saturated rings. The van der Waals surface area contributed by atoms with Gasteiger partial charge in [-0.05, 0) is 18.9 Å². The lowest BCUT2D eigenvalue weighted by atomic mass is 10.2. The van der Waals surface area contributed by atoms with Gasteiger partial charge in [-0.3, -0.25) is 19.3 Å². The van der Waals surface area contributed by atoms with Crippen LogP contribution in [0.2, 0.25) is 0 Å². The molecule has 0 atom stereocenters. The number of halogens is 1. The molecule has 2 aromatic heterocycles. The van der Waals surface area contributed by atoms with Crippen molar-refractivity contribution in [3.8, 4) is 0 Å². The zero-order valence-corrected chi connectivity index (χ0v) is 13.1. The van der Waals surface area contributed by atoms with Crippen molar-refractivity contribution in [2.45, 2.75) is 32.0 Å². The van der Waals surface area contributed by atoms with Crippen LogP contribution in [-0.4, -0.2) is 37.5 Å². The molecule has 2 aliphatic rings. The van der Waals surface area contributed by atoms with E-state index >= 15 is 0 Å². The summed E-state index contributed by atoms with van der Waals surface area (Å²) < 4.78 is 15.4. The lowest BCUT2D eigenvalue weighted by Crippen LogP contribution is -2.29. The highest BCUT2D eigenvalue weighted by Crippen LogP contribution is 2.28. The standard InChI is InChI=1S/C16H16FN5O2/c1-21-13-8-22(16(24)10-4-5-18-6-12(10)17)7-11(13)14(20-21)15(23)19-9-2-3-9/h4-6,9H,2-3,7-8H2,1H3,(H,19,23). The predicted octanol–water partition coefficient (Wildman–Crippen LogP) is 1.00. The maximum Gasteiger partial charge on any atom is 0.272 e. The summed E-state index contributed by atoms with van der Waals surface area (Å²) in [7, 11) is 1.74. The number of nitrogens with one attached hydrogen (secondary N) is 1. The summed E-state index contributed by atoms with van der Waals surface area (Å²) in [5.74, 6) is -1.28. The van der Waals surface area contributed by atoms with E-state index in [4.69, 9.17) is 0 Å². The topological polar surface area (TPSA) is 80.1 Å². The predicted molar refractivity (Wildman–Crippen MR) is 81.5 cm³/mol. The van der Waals surface area contributed by atoms with E-state index in [1.165, 1.54) is 17.2 Å². The number of aryl methyl sites for hydroxylation is 1. The Morgan fingerprint density at radius 2 is 2.12 bits per heavy atom. The monoisotopic (exact) mass is 329 g/mol. The third-order valence-corrected chi connectivity index (χ3v) is 4.38. The molecule has 7 nitrogen and oxygen atoms in total. The Labute approximate surface area is 137 Å². The summed E-state index contributed by atoms with van der Waals surface area (Å²) >= 11 is 0. The van der Waals surface area contributed by atoms with Gasteiger partial charge in [0, 0.05) is 24.8 Å². The summed E-state index contributed by atoms with van der Waals surface area (Å²) in [6, 6.07) is 1.60. The van der Waals surface area contributed by atoms with E-state index in [0.717, 1.165) is 30.3 Å². The molecule has 0 radical (unpaired) electrons. The molecule has 1 N–H and O–H groups in total. The van der Waals surface area contributed by atoms with Crippen LogP contribution in [0.3, 0.4) is 0 Å². The average Bonchev–Trinajstić information content (AvgIpc) is 3.17. The fourth-order valence-corrected chi connectivity index (χ4v) is 2.92. The Kier molecular flexibility index (Phi) is 3.33. The maximum absolute atomic E-state index is 13.8. The highest BCUT2D eigenvalue weighted by Gasteiger charge is 2.34. The van der Waals surface area contributed by atoms with Crippen molar-refractivity contribution in [3.63, 3.8) is 0 Å². The first-order valence-electron chi connectivity index (χ1n) is 7.79. The fourth-order valence-electron chi connectivity index (χ4n) is 2.92. The number of hydrogen-bond acceptors (Lipinski definition) is 4. The quantitative estimate of drug-likeness (QED) is 0.911. The molecule has 0 bridgehead atoms. The molecular formula is C16H16FN5O2. The zero-order chi connectivity index (χ0) is 16.8. The van der Waals surface area contributed by atoms with Crippen LogP contribution in [-0.2, 0) is 20.1 Å². The zero-order valence-electron chi connectivity index (χ0n) is 13.1. The van der Waals surface area contributed by atoms with Crippen molar-refractivity contribution in [3.05, 3.63) is 46.8 Å². The molecule has 1 saturated carbocycles. The van der Waals surface area contributed by atoms with Crippen molar-refractivity contribution < 1.29 is 14.0 Å². The molecule has 1 aliphatic carbocycles. The molecule has 0 unspecified atom stereocenters. The van der Waals surface area contributed by atoms with Gasteiger partial charge in [0.15, 0.2) is 11.5 Å². The second kappa shape index (κ2) is 5.40. The van der Waals surface area contributed by atoms with Crippen molar-refractivity contribution in [1.82, 2.24) is 25.0 Å². The number of fused-ring (bicyclic) bond motifs is 1. The molecule has 3 heterocycles. The summed E-state index contributed by atoms with van der Waals surface area (Å²) in [4.78, 5) is 30.0. The highest BCUT2D eigenvalue weighted by atomic mass is 19.1. The van der Waals surface area contributed by atoms with Crippen LogP contribution >= 0.6 is 0 Å². The van der Waals surface area contributed by atoms with Crippen LogP contribution in [0.4, 0.5) is 4.39 Å². The van der Waals surface area contributed by atoms with E-state index in [1.807, 2.05) is 0 Å². The lowest BCUT2D eigenvalue weighted by molar-refractivity contribution is 0.0740. The largest absolute Gasteiger partial charge is 0.348 e. The summed E-state index contributed by atoms with van der Waals surface area (Å²) in [5.41, 5.74) is 1.87. The first kappa shape index (κ1) is 14.8. The summed E-state index contributed by atoms with van der Waals surface area (Å²) in [6.45, 7) is 0.549. The van der Waals surface area contributed by atoms with Crippen molar-refractivity contribution >= 4 is 11.8 Å². The second-order valence-electron chi connectivity index (χ2n) is 6.16. The number of pyridine rings is 1. The smallest absolute Gasteiger partial charge is 0.272 e. The second-order valence-corrected chi connectivity index (χ2v) is 6.16. The number of hydrogen-bond donors (Lipinski definition) is 1. The lowest BCUT2D eigenvalue weighted by Gasteiger charge is -2.16. The van der Waals surface area contributed by atoms with Gasteiger partial charge in [-0.25, -0.2) is 4.39 Å². The molecule has 4 rings (SSSR count). The molecule has 2 aromatic rings. The molecule has 124 valence electrons. The molecule has 0 saturated heterocycles. The third kappa shape index (κ3) is 2.44. The Morgan fingerprint density at radius 1 is 1.33 bits per heavy atom. The van der Waals surface area contributed by atoms with Gasteiger partial charge in [0.1, 0.15) is 0 Å². The number of carbonyl (C=O) groups is 2. The van der Waals surface area contributed by atoms with Gasteiger partial charge in [0.25, 0.3) is 11.8 Å². The molecule has 2 amide bonds. The molecule has 1 aliphatic heterocycles. The van der Waals surface area contributed by atoms with Gasteiger partial charge < -0.3 is 10.2 Å². The minimum atomic E-state index is -0.650. The Morgan fingerprint density at radius 3 is 2.83 bits per heavy atom. The first-order valence-corrected chi connectivity index (χ1v) is 7.79. The third-order valence-electron chi connectivity index (χ3n) is 4.38. The van der Waals surface area contributed by atoms with Gasteiger partial charge in [0.05, 0.1) is 30.5 Å². The van der Waals surface area contributed by atoms with E-state index < -0.39 is 11.7 Å². The van der Waals surface area contributed by atoms with Gasteiger partial charge in [-0.1, -0.05) is 0 Å². The van der Waals surface area contributed by atoms with Crippen molar-refractivity contribution in [2.24, 2.45) is 7.05 Å². The molecule has 24 heavy (non-hydrogen) atoms. The number of carbonyl (C=O) groups excluding carboxylic acids is 2. The van der Waals surface area contributed by atoms with Crippen LogP contribution in [0.25, 0.3) is 0 Å².